The summed E-state index contributed by atoms with van der Waals surface area (Å²) < 4.78 is 0. The van der Waals surface area contributed by atoms with Crippen LogP contribution < -0.4 is 0 Å². The van der Waals surface area contributed by atoms with Crippen LogP contribution in [0.5, 0.6) is 0 Å². The molecule has 0 aliphatic carbocycles. The van der Waals surface area contributed by atoms with Crippen LogP contribution in [-0.4, -0.2) is 38.3 Å². The van der Waals surface area contributed by atoms with Crippen molar-refractivity contribution < 1.29 is 6.22 Å². The number of hydrogen-bond acceptors (Lipinski definition) is 3. The first-order valence-electron chi connectivity index (χ1n) is 7.70. The van der Waals surface area contributed by atoms with Gasteiger partial charge in [0.1, 0.15) is 17.4 Å². The molecular weight excluding hydrogens is 326 g/mol. The topological polar surface area (TPSA) is 88.6 Å². The monoisotopic (exact) mass is 341 g/mol. The van der Waals surface area contributed by atoms with Gasteiger partial charge in [-0.05, 0) is 25.0 Å². The lowest BCUT2D eigenvalue weighted by atomic mass is 10.1. The zero-order chi connectivity index (χ0) is 16.7. The number of H-pyrrole nitrogens is 2. The normalized spacial score (nSPS) is 17.3. The summed E-state index contributed by atoms with van der Waals surface area (Å²) in [4.78, 5) is 24.6. The van der Waals surface area contributed by atoms with E-state index in [4.69, 9.17) is 16.9 Å². The highest BCUT2D eigenvalue weighted by molar-refractivity contribution is 6.34. The predicted molar refractivity (Wildman–Crippen MR) is 92.7 cm³/mol. The van der Waals surface area contributed by atoms with Crippen molar-refractivity contribution >= 4 is 28.5 Å². The minimum Gasteiger partial charge on any atom is -0.357 e. The average Bonchev–Trinajstić information content (AvgIpc) is 3.33. The van der Waals surface area contributed by atoms with E-state index in [1.165, 1.54) is 0 Å². The number of carbonyl (C=O) groups excluding carboxylic acids is 1. The standard InChI is InChI=1S/C17H14ClN5O.H2/c18-13-9-22-16-12(3-4-20-16)15(13)10-6-14(21-8-10)17(24)23-5-1-2-11(23)7-19;/h3-4,6,8-9,11,21H,1-2,5H2,(H,20,22);1H. The number of aromatic nitrogens is 3. The fourth-order valence-corrected chi connectivity index (χ4v) is 3.50. The van der Waals surface area contributed by atoms with Crippen LogP contribution in [0.3, 0.4) is 0 Å². The van der Waals surface area contributed by atoms with Crippen molar-refractivity contribution in [1.82, 2.24) is 19.9 Å². The third kappa shape index (κ3) is 2.25. The molecule has 0 aromatic carbocycles. The number of nitrogens with zero attached hydrogens (tertiary/aromatic N) is 3. The van der Waals surface area contributed by atoms with Crippen molar-refractivity contribution in [1.29, 1.82) is 5.26 Å². The number of amides is 1. The second-order valence-corrected chi connectivity index (χ2v) is 6.22. The number of likely N-dealkylation sites (tertiary alicyclic amines) is 1. The van der Waals surface area contributed by atoms with E-state index < -0.39 is 0 Å². The van der Waals surface area contributed by atoms with E-state index in [0.29, 0.717) is 17.3 Å². The van der Waals surface area contributed by atoms with Crippen LogP contribution in [0, 0.1) is 11.3 Å². The summed E-state index contributed by atoms with van der Waals surface area (Å²) in [6.07, 6.45) is 6.75. The molecule has 0 bridgehead atoms. The third-order valence-corrected chi connectivity index (χ3v) is 4.69. The molecule has 0 radical (unpaired) electrons. The number of nitriles is 1. The molecule has 6 nitrogen and oxygen atoms in total. The fourth-order valence-electron chi connectivity index (χ4n) is 3.24. The third-order valence-electron chi connectivity index (χ3n) is 4.41. The number of rotatable bonds is 2. The molecule has 4 heterocycles. The highest BCUT2D eigenvalue weighted by Gasteiger charge is 2.30. The van der Waals surface area contributed by atoms with Gasteiger partial charge in [0, 0.05) is 43.1 Å². The zero-order valence-corrected chi connectivity index (χ0v) is 13.5. The van der Waals surface area contributed by atoms with Gasteiger partial charge in [-0.1, -0.05) is 11.6 Å². The summed E-state index contributed by atoms with van der Waals surface area (Å²) in [6, 6.07) is 5.54. The van der Waals surface area contributed by atoms with Crippen LogP contribution >= 0.6 is 11.6 Å². The van der Waals surface area contributed by atoms with Gasteiger partial charge in [-0.2, -0.15) is 5.26 Å². The molecule has 1 atom stereocenters. The first-order valence-corrected chi connectivity index (χ1v) is 8.08. The van der Waals surface area contributed by atoms with Crippen molar-refractivity contribution in [3.63, 3.8) is 0 Å². The molecule has 1 aliphatic heterocycles. The summed E-state index contributed by atoms with van der Waals surface area (Å²) in [7, 11) is 0. The minimum absolute atomic E-state index is 0. The van der Waals surface area contributed by atoms with Gasteiger partial charge < -0.3 is 14.9 Å². The molecule has 2 N–H and O–H groups in total. The summed E-state index contributed by atoms with van der Waals surface area (Å²) in [5.41, 5.74) is 2.86. The number of fused-ring (bicyclic) bond motifs is 1. The van der Waals surface area contributed by atoms with Crippen molar-refractivity contribution in [2.24, 2.45) is 0 Å². The number of pyridine rings is 1. The first kappa shape index (κ1) is 14.8. The molecule has 1 fully saturated rings. The summed E-state index contributed by atoms with van der Waals surface area (Å²) in [5.74, 6) is -0.152. The number of aromatic amines is 2. The van der Waals surface area contributed by atoms with Crippen LogP contribution in [0.4, 0.5) is 0 Å². The number of nitrogens with one attached hydrogen (secondary N) is 2. The number of halogens is 1. The zero-order valence-electron chi connectivity index (χ0n) is 12.7. The Labute approximate surface area is 144 Å². The lowest BCUT2D eigenvalue weighted by Crippen LogP contribution is -2.34. The summed E-state index contributed by atoms with van der Waals surface area (Å²) in [6.45, 7) is 0.615. The average molecular weight is 342 g/mol. The molecule has 1 unspecified atom stereocenters. The lowest BCUT2D eigenvalue weighted by Gasteiger charge is -2.18. The van der Waals surface area contributed by atoms with Crippen LogP contribution in [-0.2, 0) is 0 Å². The van der Waals surface area contributed by atoms with Gasteiger partial charge in [-0.3, -0.25) is 4.79 Å². The van der Waals surface area contributed by atoms with Gasteiger partial charge in [-0.25, -0.2) is 4.98 Å². The second kappa shape index (κ2) is 5.69. The van der Waals surface area contributed by atoms with Crippen molar-refractivity contribution in [3.05, 3.63) is 41.4 Å². The quantitative estimate of drug-likeness (QED) is 0.746. The summed E-state index contributed by atoms with van der Waals surface area (Å²) >= 11 is 6.33. The summed E-state index contributed by atoms with van der Waals surface area (Å²) in [5, 5.41) is 10.6. The van der Waals surface area contributed by atoms with Crippen molar-refractivity contribution in [3.8, 4) is 17.2 Å². The van der Waals surface area contributed by atoms with E-state index in [2.05, 4.69) is 21.0 Å². The van der Waals surface area contributed by atoms with Crippen LogP contribution in [0.1, 0.15) is 24.8 Å². The van der Waals surface area contributed by atoms with Gasteiger partial charge in [0.25, 0.3) is 5.91 Å². The number of carbonyl (C=O) groups is 1. The smallest absolute Gasteiger partial charge is 0.271 e. The van der Waals surface area contributed by atoms with E-state index >= 15 is 0 Å². The minimum atomic E-state index is -0.342. The lowest BCUT2D eigenvalue weighted by molar-refractivity contribution is 0.0759. The van der Waals surface area contributed by atoms with Crippen LogP contribution in [0.2, 0.25) is 5.02 Å². The molecule has 4 rings (SSSR count). The maximum absolute atomic E-state index is 12.7. The Morgan fingerprint density at radius 3 is 3.21 bits per heavy atom. The molecular formula is C17H16ClN5O. The maximum atomic E-state index is 12.7. The molecule has 3 aromatic heterocycles. The first-order chi connectivity index (χ1) is 11.7. The van der Waals surface area contributed by atoms with Gasteiger partial charge in [0.05, 0.1) is 11.1 Å². The van der Waals surface area contributed by atoms with Crippen molar-refractivity contribution in [2.45, 2.75) is 18.9 Å². The molecule has 1 amide bonds. The molecule has 1 aliphatic rings. The molecule has 3 aromatic rings. The van der Waals surface area contributed by atoms with E-state index in [1.54, 1.807) is 29.6 Å². The van der Waals surface area contributed by atoms with Gasteiger partial charge in [0.2, 0.25) is 0 Å². The number of hydrogen-bond donors (Lipinski definition) is 2. The maximum Gasteiger partial charge on any atom is 0.271 e. The van der Waals surface area contributed by atoms with Crippen LogP contribution in [0.15, 0.2) is 30.7 Å². The van der Waals surface area contributed by atoms with Gasteiger partial charge >= 0.3 is 0 Å². The Hall–Kier alpha value is -2.78. The molecule has 24 heavy (non-hydrogen) atoms. The molecule has 7 heteroatoms. The Morgan fingerprint density at radius 1 is 1.50 bits per heavy atom. The highest BCUT2D eigenvalue weighted by Crippen LogP contribution is 2.34. The Balaban J connectivity index is 0.00000182. The molecule has 0 saturated carbocycles. The largest absolute Gasteiger partial charge is 0.357 e. The van der Waals surface area contributed by atoms with Crippen molar-refractivity contribution in [2.75, 3.05) is 6.54 Å². The van der Waals surface area contributed by atoms with E-state index in [9.17, 15) is 4.79 Å². The Morgan fingerprint density at radius 2 is 2.38 bits per heavy atom. The van der Waals surface area contributed by atoms with E-state index in [1.807, 2.05) is 6.07 Å². The van der Waals surface area contributed by atoms with Gasteiger partial charge in [-0.15, -0.1) is 0 Å². The van der Waals surface area contributed by atoms with E-state index in [-0.39, 0.29) is 13.4 Å². The van der Waals surface area contributed by atoms with Gasteiger partial charge in [0.15, 0.2) is 0 Å². The molecule has 122 valence electrons. The van der Waals surface area contributed by atoms with E-state index in [0.717, 1.165) is 35.0 Å². The SMILES string of the molecule is N#CC1CCCN1C(=O)c1cc(-c2c(Cl)cnc3[nH]ccc23)c[nH]1.[HH]. The highest BCUT2D eigenvalue weighted by atomic mass is 35.5. The molecule has 1 saturated heterocycles. The predicted octanol–water partition coefficient (Wildman–Crippen LogP) is 3.59. The second-order valence-electron chi connectivity index (χ2n) is 5.81. The Bertz CT molecular complexity index is 973. The Kier molecular flexibility index (Phi) is 3.51. The fraction of sp³-hybridized carbons (Fsp3) is 0.235. The molecule has 0 spiro atoms. The van der Waals surface area contributed by atoms with Crippen LogP contribution in [0.25, 0.3) is 22.2 Å².